The minimum Gasteiger partial charge on any atom is -0.374 e. The van der Waals surface area contributed by atoms with Gasteiger partial charge < -0.3 is 25.8 Å². The first-order valence-electron chi connectivity index (χ1n) is 20.4. The van der Waals surface area contributed by atoms with Gasteiger partial charge >= 0.3 is 0 Å². The number of nitrogens with zero attached hydrogens (tertiary/aromatic N) is 4. The number of H-pyrrole nitrogens is 1. The van der Waals surface area contributed by atoms with Crippen LogP contribution < -0.4 is 31.7 Å². The Labute approximate surface area is 335 Å². The average molecular weight is 794 g/mol. The van der Waals surface area contributed by atoms with Gasteiger partial charge in [-0.15, -0.1) is 0 Å². The van der Waals surface area contributed by atoms with E-state index in [2.05, 4.69) is 46.0 Å². The summed E-state index contributed by atoms with van der Waals surface area (Å²) in [6.07, 6.45) is 10.3. The fourth-order valence-electron chi connectivity index (χ4n) is 8.92. The van der Waals surface area contributed by atoms with E-state index in [1.807, 2.05) is 0 Å². The Balaban J connectivity index is 0.760. The Bertz CT molecular complexity index is 2190. The molecule has 0 unspecified atom stereocenters. The lowest BCUT2D eigenvalue weighted by Gasteiger charge is -2.43. The van der Waals surface area contributed by atoms with Crippen LogP contribution in [0, 0.1) is 17.6 Å². The van der Waals surface area contributed by atoms with Crippen molar-refractivity contribution in [2.45, 2.75) is 88.4 Å². The SMILES string of the molecule is O=C1CC[C@H](Nc2ccc(N3CCN(C4CCC(NC(=O)C5CCC(Nc6ncc(F)c(-c7cccc(-c8ccc[nH]c8=O)c7)n6)CC5)CC4)CC3)c(F)c2)C(=O)N1. The van der Waals surface area contributed by atoms with Gasteiger partial charge in [-0.1, -0.05) is 18.2 Å². The molecule has 0 radical (unpaired) electrons. The molecule has 3 amide bonds. The van der Waals surface area contributed by atoms with Crippen LogP contribution in [0.1, 0.15) is 64.2 Å². The number of aromatic amines is 1. The standard InChI is InChI=1S/C43H49F2N9O4/c44-34-24-31(48-36-15-17-38(55)51-42(36)58)12-16-37(34)54-21-19-53(20-22-54)32-13-10-29(11-14-32)49-40(56)26-6-8-30(9-7-26)50-43-47-25-35(45)39(52-43)28-4-1-3-27(23-28)33-5-2-18-46-41(33)57/h1-5,12,16,18,23-26,29-30,32,36,48H,6-11,13-15,17,19-22H2,(H,46,57)(H,49,56)(H,47,50,52)(H,51,55,58)/t26?,29?,30?,32?,36-/m0/s1. The van der Waals surface area contributed by atoms with Crippen molar-refractivity contribution in [1.29, 1.82) is 0 Å². The number of benzene rings is 2. The molecule has 2 aliphatic carbocycles. The first-order chi connectivity index (χ1) is 28.2. The van der Waals surface area contributed by atoms with Gasteiger partial charge in [0.15, 0.2) is 5.82 Å². The van der Waals surface area contributed by atoms with Crippen LogP contribution in [0.25, 0.3) is 22.4 Å². The highest BCUT2D eigenvalue weighted by atomic mass is 19.1. The molecule has 4 aromatic rings. The Hall–Kier alpha value is -5.70. The highest BCUT2D eigenvalue weighted by molar-refractivity contribution is 6.01. The van der Waals surface area contributed by atoms with Gasteiger partial charge in [0.05, 0.1) is 11.9 Å². The molecule has 8 rings (SSSR count). The van der Waals surface area contributed by atoms with Gasteiger partial charge in [-0.05, 0) is 99.7 Å². The van der Waals surface area contributed by atoms with Crippen LogP contribution in [0.3, 0.4) is 0 Å². The van der Waals surface area contributed by atoms with Gasteiger partial charge in [-0.3, -0.25) is 29.4 Å². The average Bonchev–Trinajstić information content (AvgIpc) is 3.23. The number of nitrogens with one attached hydrogen (secondary N) is 5. The van der Waals surface area contributed by atoms with Crippen molar-refractivity contribution in [1.82, 2.24) is 30.5 Å². The fraction of sp³-hybridized carbons (Fsp3) is 0.442. The number of halogens is 2. The molecule has 2 saturated carbocycles. The summed E-state index contributed by atoms with van der Waals surface area (Å²) in [5.41, 5.74) is 2.67. The molecule has 304 valence electrons. The number of amides is 3. The minimum absolute atomic E-state index is 0.0555. The lowest BCUT2D eigenvalue weighted by Crippen LogP contribution is -2.52. The maximum absolute atomic E-state index is 15.2. The lowest BCUT2D eigenvalue weighted by atomic mass is 9.84. The van der Waals surface area contributed by atoms with Gasteiger partial charge in [0, 0.05) is 79.7 Å². The van der Waals surface area contributed by atoms with Crippen molar-refractivity contribution in [3.05, 3.63) is 89.0 Å². The minimum atomic E-state index is -0.562. The lowest BCUT2D eigenvalue weighted by molar-refractivity contribution is -0.133. The number of hydrogen-bond donors (Lipinski definition) is 5. The normalized spacial score (nSPS) is 24.2. The summed E-state index contributed by atoms with van der Waals surface area (Å²) in [7, 11) is 0. The third-order valence-corrected chi connectivity index (χ3v) is 12.2. The molecule has 2 aromatic heterocycles. The quantitative estimate of drug-likeness (QED) is 0.135. The van der Waals surface area contributed by atoms with E-state index < -0.39 is 11.9 Å². The fourth-order valence-corrected chi connectivity index (χ4v) is 8.92. The molecule has 2 saturated heterocycles. The Kier molecular flexibility index (Phi) is 11.8. The zero-order valence-electron chi connectivity index (χ0n) is 32.3. The molecule has 15 heteroatoms. The highest BCUT2D eigenvalue weighted by Gasteiger charge is 2.33. The van der Waals surface area contributed by atoms with E-state index in [-0.39, 0.29) is 59.2 Å². The van der Waals surface area contributed by atoms with E-state index in [1.54, 1.807) is 54.7 Å². The predicted molar refractivity (Wildman–Crippen MR) is 217 cm³/mol. The van der Waals surface area contributed by atoms with Gasteiger partial charge in [0.2, 0.25) is 23.7 Å². The number of imide groups is 1. The van der Waals surface area contributed by atoms with Crippen LogP contribution in [-0.4, -0.2) is 87.9 Å². The number of anilines is 3. The largest absolute Gasteiger partial charge is 0.374 e. The van der Waals surface area contributed by atoms with Crippen LogP contribution >= 0.6 is 0 Å². The van der Waals surface area contributed by atoms with Crippen LogP contribution in [0.2, 0.25) is 0 Å². The molecule has 2 aromatic carbocycles. The Morgan fingerprint density at radius 3 is 2.28 bits per heavy atom. The van der Waals surface area contributed by atoms with Gasteiger partial charge in [0.25, 0.3) is 5.56 Å². The third-order valence-electron chi connectivity index (χ3n) is 12.2. The molecule has 4 aliphatic rings. The monoisotopic (exact) mass is 793 g/mol. The summed E-state index contributed by atoms with van der Waals surface area (Å²) in [5, 5.41) is 12.1. The van der Waals surface area contributed by atoms with E-state index in [0.29, 0.717) is 59.6 Å². The molecule has 2 aliphatic heterocycles. The Morgan fingerprint density at radius 1 is 0.776 bits per heavy atom. The number of pyridine rings is 1. The van der Waals surface area contributed by atoms with Crippen molar-refractivity contribution in [2.24, 2.45) is 5.92 Å². The van der Waals surface area contributed by atoms with Gasteiger partial charge in [0.1, 0.15) is 17.6 Å². The highest BCUT2D eigenvalue weighted by Crippen LogP contribution is 2.31. The second-order valence-corrected chi connectivity index (χ2v) is 15.9. The zero-order chi connectivity index (χ0) is 40.2. The molecular weight excluding hydrogens is 745 g/mol. The third kappa shape index (κ3) is 9.04. The first kappa shape index (κ1) is 39.1. The number of carbonyl (C=O) groups is 3. The van der Waals surface area contributed by atoms with Crippen LogP contribution in [-0.2, 0) is 14.4 Å². The zero-order valence-corrected chi connectivity index (χ0v) is 32.3. The van der Waals surface area contributed by atoms with Gasteiger partial charge in [-0.25, -0.2) is 18.7 Å². The number of hydrogen-bond acceptors (Lipinski definition) is 10. The second kappa shape index (κ2) is 17.4. The molecule has 1 atom stereocenters. The number of aromatic nitrogens is 3. The maximum Gasteiger partial charge on any atom is 0.255 e. The van der Waals surface area contributed by atoms with Crippen LogP contribution in [0.15, 0.2) is 71.8 Å². The summed E-state index contributed by atoms with van der Waals surface area (Å²) in [6, 6.07) is 15.6. The van der Waals surface area contributed by atoms with Gasteiger partial charge in [-0.2, -0.15) is 0 Å². The van der Waals surface area contributed by atoms with E-state index in [1.165, 1.54) is 6.07 Å². The van der Waals surface area contributed by atoms with E-state index in [9.17, 15) is 23.6 Å². The van der Waals surface area contributed by atoms with E-state index in [0.717, 1.165) is 70.7 Å². The molecule has 58 heavy (non-hydrogen) atoms. The number of rotatable bonds is 10. The second-order valence-electron chi connectivity index (χ2n) is 15.9. The summed E-state index contributed by atoms with van der Waals surface area (Å²) in [6.45, 7) is 3.10. The first-order valence-corrected chi connectivity index (χ1v) is 20.4. The topological polar surface area (TPSA) is 164 Å². The van der Waals surface area contributed by atoms with Crippen molar-refractivity contribution in [2.75, 3.05) is 41.7 Å². The summed E-state index contributed by atoms with van der Waals surface area (Å²) < 4.78 is 30.2. The molecule has 4 fully saturated rings. The summed E-state index contributed by atoms with van der Waals surface area (Å²) in [4.78, 5) is 65.2. The smallest absolute Gasteiger partial charge is 0.255 e. The van der Waals surface area contributed by atoms with Crippen molar-refractivity contribution >= 4 is 35.0 Å². The Morgan fingerprint density at radius 2 is 1.53 bits per heavy atom. The molecule has 4 heterocycles. The number of piperidine rings is 1. The van der Waals surface area contributed by atoms with Crippen molar-refractivity contribution < 1.29 is 23.2 Å². The molecule has 13 nitrogen and oxygen atoms in total. The number of piperazine rings is 1. The van der Waals surface area contributed by atoms with Crippen LogP contribution in [0.5, 0.6) is 0 Å². The van der Waals surface area contributed by atoms with Crippen LogP contribution in [0.4, 0.5) is 26.1 Å². The van der Waals surface area contributed by atoms with Crippen molar-refractivity contribution in [3.8, 4) is 22.4 Å². The molecule has 5 N–H and O–H groups in total. The van der Waals surface area contributed by atoms with E-state index in [4.69, 9.17) is 0 Å². The van der Waals surface area contributed by atoms with Crippen molar-refractivity contribution in [3.63, 3.8) is 0 Å². The summed E-state index contributed by atoms with van der Waals surface area (Å²) >= 11 is 0. The van der Waals surface area contributed by atoms with E-state index >= 15 is 4.39 Å². The predicted octanol–water partition coefficient (Wildman–Crippen LogP) is 5.21. The molecular formula is C43H49F2N9O4. The summed E-state index contributed by atoms with van der Waals surface area (Å²) in [5.74, 6) is -1.18. The molecule has 0 spiro atoms. The number of carbonyl (C=O) groups excluding carboxylic acids is 3. The maximum atomic E-state index is 15.2. The molecule has 0 bridgehead atoms.